The van der Waals surface area contributed by atoms with E-state index in [1.807, 2.05) is 19.9 Å². The predicted molar refractivity (Wildman–Crippen MR) is 125 cm³/mol. The van der Waals surface area contributed by atoms with Crippen molar-refractivity contribution in [2.75, 3.05) is 4.90 Å². The highest BCUT2D eigenvalue weighted by Gasteiger charge is 2.46. The van der Waals surface area contributed by atoms with Crippen LogP contribution in [-0.4, -0.2) is 22.9 Å². The summed E-state index contributed by atoms with van der Waals surface area (Å²) in [7, 11) is 0. The molecule has 6 heteroatoms. The standard InChI is InChI=1S/C27H22N2O4/c1-17(2)33-22-14-10-19(11-15-22)24-23(25(30)20-6-4-3-5-7-20)26(31)27(32)29(24)21-12-8-18(16-28)9-13-21/h3-15,17,24,30H,1-2H3/b25-23+. The summed E-state index contributed by atoms with van der Waals surface area (Å²) in [6.45, 7) is 3.85. The first-order chi connectivity index (χ1) is 15.9. The highest BCUT2D eigenvalue weighted by molar-refractivity contribution is 6.51. The van der Waals surface area contributed by atoms with Crippen molar-refractivity contribution in [3.8, 4) is 11.8 Å². The van der Waals surface area contributed by atoms with E-state index in [0.29, 0.717) is 28.1 Å². The number of nitriles is 1. The average Bonchev–Trinajstić information content (AvgIpc) is 3.10. The summed E-state index contributed by atoms with van der Waals surface area (Å²) in [4.78, 5) is 27.6. The van der Waals surface area contributed by atoms with Crippen LogP contribution in [0.3, 0.4) is 0 Å². The number of benzene rings is 3. The van der Waals surface area contributed by atoms with Gasteiger partial charge in [0.05, 0.1) is 29.4 Å². The topological polar surface area (TPSA) is 90.6 Å². The van der Waals surface area contributed by atoms with E-state index < -0.39 is 17.7 Å². The van der Waals surface area contributed by atoms with Crippen molar-refractivity contribution < 1.29 is 19.4 Å². The molecule has 1 aliphatic rings. The Labute approximate surface area is 192 Å². The molecule has 1 atom stereocenters. The number of hydrogen-bond donors (Lipinski definition) is 1. The maximum atomic E-state index is 13.1. The number of anilines is 1. The third kappa shape index (κ3) is 4.21. The molecule has 0 spiro atoms. The van der Waals surface area contributed by atoms with E-state index in [4.69, 9.17) is 10.00 Å². The maximum Gasteiger partial charge on any atom is 0.300 e. The highest BCUT2D eigenvalue weighted by Crippen LogP contribution is 2.42. The van der Waals surface area contributed by atoms with Crippen LogP contribution in [0, 0.1) is 11.3 Å². The molecule has 3 aromatic carbocycles. The number of nitrogens with zero attached hydrogens (tertiary/aromatic N) is 2. The van der Waals surface area contributed by atoms with Crippen LogP contribution < -0.4 is 9.64 Å². The molecule has 164 valence electrons. The number of Topliss-reactive ketones (excluding diaryl/α,β-unsaturated/α-hetero) is 1. The molecule has 3 aromatic rings. The molecule has 1 heterocycles. The van der Waals surface area contributed by atoms with E-state index in [1.54, 1.807) is 78.9 Å². The molecule has 0 bridgehead atoms. The van der Waals surface area contributed by atoms with E-state index in [0.717, 1.165) is 0 Å². The molecule has 6 nitrogen and oxygen atoms in total. The van der Waals surface area contributed by atoms with E-state index in [1.165, 1.54) is 4.90 Å². The van der Waals surface area contributed by atoms with Gasteiger partial charge in [0.2, 0.25) is 0 Å². The van der Waals surface area contributed by atoms with Crippen molar-refractivity contribution in [1.29, 1.82) is 5.26 Å². The average molecular weight is 438 g/mol. The summed E-state index contributed by atoms with van der Waals surface area (Å²) in [5.41, 5.74) is 1.99. The third-order valence-electron chi connectivity index (χ3n) is 5.33. The van der Waals surface area contributed by atoms with E-state index >= 15 is 0 Å². The van der Waals surface area contributed by atoms with Gasteiger partial charge < -0.3 is 9.84 Å². The lowest BCUT2D eigenvalue weighted by atomic mass is 9.95. The molecule has 1 N–H and O–H groups in total. The second-order valence-corrected chi connectivity index (χ2v) is 7.93. The summed E-state index contributed by atoms with van der Waals surface area (Å²) in [5.74, 6) is -1.09. The van der Waals surface area contributed by atoms with Crippen LogP contribution in [0.2, 0.25) is 0 Å². The van der Waals surface area contributed by atoms with Crippen molar-refractivity contribution in [1.82, 2.24) is 0 Å². The minimum absolute atomic E-state index is 0.00165. The number of hydrogen-bond acceptors (Lipinski definition) is 5. The van der Waals surface area contributed by atoms with E-state index in [2.05, 4.69) is 0 Å². The molecule has 0 saturated carbocycles. The molecule has 33 heavy (non-hydrogen) atoms. The maximum absolute atomic E-state index is 13.1. The zero-order valence-corrected chi connectivity index (χ0v) is 18.2. The van der Waals surface area contributed by atoms with Crippen molar-refractivity contribution in [3.05, 3.63) is 101 Å². The van der Waals surface area contributed by atoms with E-state index in [9.17, 15) is 14.7 Å². The Morgan fingerprint density at radius 2 is 1.61 bits per heavy atom. The molecule has 4 rings (SSSR count). The fraction of sp³-hybridized carbons (Fsp3) is 0.148. The number of ether oxygens (including phenoxy) is 1. The lowest BCUT2D eigenvalue weighted by Crippen LogP contribution is -2.29. The largest absolute Gasteiger partial charge is 0.507 e. The van der Waals surface area contributed by atoms with Crippen molar-refractivity contribution in [3.63, 3.8) is 0 Å². The van der Waals surface area contributed by atoms with Crippen LogP contribution in [-0.2, 0) is 9.59 Å². The zero-order chi connectivity index (χ0) is 23.5. The van der Waals surface area contributed by atoms with Gasteiger partial charge in [0.1, 0.15) is 11.5 Å². The zero-order valence-electron chi connectivity index (χ0n) is 18.2. The summed E-state index contributed by atoms with van der Waals surface area (Å²) in [6, 6.07) is 23.4. The predicted octanol–water partition coefficient (Wildman–Crippen LogP) is 4.97. The molecule has 1 saturated heterocycles. The Bertz CT molecular complexity index is 1250. The number of rotatable bonds is 5. The minimum Gasteiger partial charge on any atom is -0.507 e. The number of aliphatic hydroxyl groups excluding tert-OH is 1. The van der Waals surface area contributed by atoms with Gasteiger partial charge >= 0.3 is 0 Å². The Kier molecular flexibility index (Phi) is 5.97. The molecule has 1 aliphatic heterocycles. The van der Waals surface area contributed by atoms with Gasteiger partial charge in [-0.25, -0.2) is 0 Å². The van der Waals surface area contributed by atoms with Crippen molar-refractivity contribution in [2.45, 2.75) is 26.0 Å². The fourth-order valence-corrected chi connectivity index (χ4v) is 3.86. The molecule has 0 aliphatic carbocycles. The Morgan fingerprint density at radius 3 is 2.18 bits per heavy atom. The highest BCUT2D eigenvalue weighted by atomic mass is 16.5. The summed E-state index contributed by atoms with van der Waals surface area (Å²) in [6.07, 6.45) is -0.00165. The summed E-state index contributed by atoms with van der Waals surface area (Å²) in [5, 5.41) is 20.2. The molecular weight excluding hydrogens is 416 g/mol. The normalized spacial score (nSPS) is 17.3. The van der Waals surface area contributed by atoms with Crippen molar-refractivity contribution in [2.24, 2.45) is 0 Å². The van der Waals surface area contributed by atoms with Gasteiger partial charge in [-0.2, -0.15) is 5.26 Å². The van der Waals surface area contributed by atoms with Crippen LogP contribution in [0.4, 0.5) is 5.69 Å². The molecule has 1 unspecified atom stereocenters. The molecule has 1 amide bonds. The van der Waals surface area contributed by atoms with Gasteiger partial charge in [-0.15, -0.1) is 0 Å². The quantitative estimate of drug-likeness (QED) is 0.345. The Morgan fingerprint density at radius 1 is 0.970 bits per heavy atom. The van der Waals surface area contributed by atoms with Gasteiger partial charge in [0, 0.05) is 11.3 Å². The number of carbonyl (C=O) groups excluding carboxylic acids is 2. The summed E-state index contributed by atoms with van der Waals surface area (Å²) >= 11 is 0. The first-order valence-electron chi connectivity index (χ1n) is 10.5. The van der Waals surface area contributed by atoms with Gasteiger partial charge in [-0.3, -0.25) is 14.5 Å². The number of amides is 1. The number of ketones is 1. The van der Waals surface area contributed by atoms with Gasteiger partial charge in [-0.1, -0.05) is 42.5 Å². The van der Waals surface area contributed by atoms with Gasteiger partial charge in [0.15, 0.2) is 0 Å². The van der Waals surface area contributed by atoms with E-state index in [-0.39, 0.29) is 17.4 Å². The van der Waals surface area contributed by atoms with Gasteiger partial charge in [-0.05, 0) is 55.8 Å². The second-order valence-electron chi connectivity index (χ2n) is 7.93. The summed E-state index contributed by atoms with van der Waals surface area (Å²) < 4.78 is 5.72. The second kappa shape index (κ2) is 9.01. The van der Waals surface area contributed by atoms with Crippen LogP contribution in [0.1, 0.15) is 36.6 Å². The monoisotopic (exact) mass is 438 g/mol. The van der Waals surface area contributed by atoms with Crippen LogP contribution in [0.5, 0.6) is 5.75 Å². The lowest BCUT2D eigenvalue weighted by molar-refractivity contribution is -0.132. The smallest absolute Gasteiger partial charge is 0.300 e. The van der Waals surface area contributed by atoms with Crippen molar-refractivity contribution >= 4 is 23.1 Å². The fourth-order valence-electron chi connectivity index (χ4n) is 3.86. The Balaban J connectivity index is 1.88. The lowest BCUT2D eigenvalue weighted by Gasteiger charge is -2.25. The number of carbonyl (C=O) groups is 2. The van der Waals surface area contributed by atoms with Gasteiger partial charge in [0.25, 0.3) is 11.7 Å². The minimum atomic E-state index is -0.841. The molecule has 0 aromatic heterocycles. The molecule has 0 radical (unpaired) electrons. The van der Waals surface area contributed by atoms with Crippen LogP contribution in [0.25, 0.3) is 5.76 Å². The molecule has 1 fully saturated rings. The Hall–Kier alpha value is -4.37. The van der Waals surface area contributed by atoms with Crippen LogP contribution in [0.15, 0.2) is 84.4 Å². The SMILES string of the molecule is CC(C)Oc1ccc(C2/C(=C(\O)c3ccccc3)C(=O)C(=O)N2c2ccc(C#N)cc2)cc1. The first kappa shape index (κ1) is 21.8. The number of aliphatic hydroxyl groups is 1. The van der Waals surface area contributed by atoms with Crippen LogP contribution >= 0.6 is 0 Å². The molecular formula is C27H22N2O4. The third-order valence-corrected chi connectivity index (χ3v) is 5.33. The first-order valence-corrected chi connectivity index (χ1v) is 10.5.